The van der Waals surface area contributed by atoms with E-state index in [4.69, 9.17) is 5.73 Å². The largest absolute Gasteiger partial charge is 0.465 e. The number of nitrogens with zero attached hydrogens (tertiary/aromatic N) is 1. The summed E-state index contributed by atoms with van der Waals surface area (Å²) < 4.78 is 6.36. The molecule has 0 unspecified atom stereocenters. The normalized spacial score (nSPS) is 10.1. The van der Waals surface area contributed by atoms with Crippen LogP contribution in [0.2, 0.25) is 0 Å². The van der Waals surface area contributed by atoms with Gasteiger partial charge in [-0.15, -0.1) is 0 Å². The number of methoxy groups -OCH3 is 1. The summed E-state index contributed by atoms with van der Waals surface area (Å²) in [6.45, 7) is 0. The molecule has 0 aliphatic carbocycles. The monoisotopic (exact) mass is 244 g/mol. The zero-order chi connectivity index (χ0) is 13.1. The number of carbonyl (C=O) groups is 2. The Balaban J connectivity index is 2.38. The fourth-order valence-corrected chi connectivity index (χ4v) is 1.61. The minimum atomic E-state index is -0.488. The van der Waals surface area contributed by atoms with Crippen LogP contribution in [0.1, 0.15) is 20.7 Å². The molecule has 1 aromatic heterocycles. The van der Waals surface area contributed by atoms with Crippen molar-refractivity contribution in [1.82, 2.24) is 4.57 Å². The Morgan fingerprint density at radius 2 is 2.00 bits per heavy atom. The summed E-state index contributed by atoms with van der Waals surface area (Å²) in [4.78, 5) is 22.4. The molecule has 0 atom stereocenters. The molecule has 0 bridgehead atoms. The summed E-state index contributed by atoms with van der Waals surface area (Å²) in [6.07, 6.45) is 3.31. The van der Waals surface area contributed by atoms with Crippen molar-refractivity contribution in [2.45, 2.75) is 0 Å². The van der Waals surface area contributed by atoms with Gasteiger partial charge < -0.3 is 15.0 Å². The third kappa shape index (κ3) is 2.24. The van der Waals surface area contributed by atoms with Gasteiger partial charge in [0.15, 0.2) is 0 Å². The molecule has 2 aromatic rings. The topological polar surface area (TPSA) is 74.3 Å². The maximum Gasteiger partial charge on any atom is 0.337 e. The lowest BCUT2D eigenvalue weighted by Gasteiger charge is -2.05. The van der Waals surface area contributed by atoms with Crippen LogP contribution < -0.4 is 5.73 Å². The van der Waals surface area contributed by atoms with Crippen molar-refractivity contribution >= 4 is 11.9 Å². The first kappa shape index (κ1) is 11.9. The second-order valence-corrected chi connectivity index (χ2v) is 3.71. The number of nitrogens with two attached hydrogens (primary N) is 1. The van der Waals surface area contributed by atoms with Crippen molar-refractivity contribution < 1.29 is 14.3 Å². The molecule has 0 aliphatic rings. The average Bonchev–Trinajstić information content (AvgIpc) is 2.88. The quantitative estimate of drug-likeness (QED) is 0.828. The minimum absolute atomic E-state index is 0.404. The van der Waals surface area contributed by atoms with Gasteiger partial charge in [-0.1, -0.05) is 6.07 Å². The van der Waals surface area contributed by atoms with Crippen LogP contribution in [-0.2, 0) is 4.74 Å². The van der Waals surface area contributed by atoms with Crippen LogP contribution in [0, 0.1) is 0 Å². The van der Waals surface area contributed by atoms with Crippen LogP contribution in [0.5, 0.6) is 0 Å². The number of hydrogen-bond donors (Lipinski definition) is 1. The lowest BCUT2D eigenvalue weighted by atomic mass is 10.2. The molecule has 0 saturated carbocycles. The number of amides is 1. The molecule has 0 aliphatic heterocycles. The second kappa shape index (κ2) is 4.75. The van der Waals surface area contributed by atoms with Crippen molar-refractivity contribution in [3.05, 3.63) is 53.9 Å². The first-order chi connectivity index (χ1) is 8.61. The Labute approximate surface area is 104 Å². The third-order valence-corrected chi connectivity index (χ3v) is 2.54. The van der Waals surface area contributed by atoms with Gasteiger partial charge in [0, 0.05) is 18.1 Å². The smallest absolute Gasteiger partial charge is 0.337 e. The lowest BCUT2D eigenvalue weighted by molar-refractivity contribution is 0.0600. The summed E-state index contributed by atoms with van der Waals surface area (Å²) in [5, 5.41) is 0. The molecule has 1 heterocycles. The summed E-state index contributed by atoms with van der Waals surface area (Å²) in [6, 6.07) is 8.51. The predicted molar refractivity (Wildman–Crippen MR) is 65.6 cm³/mol. The van der Waals surface area contributed by atoms with Crippen LogP contribution in [-0.4, -0.2) is 23.6 Å². The molecule has 0 radical (unpaired) electrons. The summed E-state index contributed by atoms with van der Waals surface area (Å²) in [7, 11) is 1.33. The number of rotatable bonds is 3. The van der Waals surface area contributed by atoms with Gasteiger partial charge in [-0.2, -0.15) is 0 Å². The number of primary amides is 1. The number of hydrogen-bond acceptors (Lipinski definition) is 3. The standard InChI is InChI=1S/C13H12N2O3/c1-18-13(17)9-3-2-4-11(7-9)15-6-5-10(8-15)12(14)16/h2-8H,1H3,(H2,14,16). The van der Waals surface area contributed by atoms with E-state index < -0.39 is 11.9 Å². The van der Waals surface area contributed by atoms with Crippen LogP contribution in [0.4, 0.5) is 0 Å². The Kier molecular flexibility index (Phi) is 3.14. The zero-order valence-corrected chi connectivity index (χ0v) is 9.79. The van der Waals surface area contributed by atoms with Gasteiger partial charge in [-0.3, -0.25) is 4.79 Å². The lowest BCUT2D eigenvalue weighted by Crippen LogP contribution is -2.09. The highest BCUT2D eigenvalue weighted by Crippen LogP contribution is 2.13. The Hall–Kier alpha value is -2.56. The molecule has 18 heavy (non-hydrogen) atoms. The van der Waals surface area contributed by atoms with Gasteiger partial charge in [0.2, 0.25) is 5.91 Å². The zero-order valence-electron chi connectivity index (χ0n) is 9.79. The minimum Gasteiger partial charge on any atom is -0.465 e. The van der Waals surface area contributed by atoms with Gasteiger partial charge in [-0.05, 0) is 24.3 Å². The molecule has 1 aromatic carbocycles. The molecule has 92 valence electrons. The molecule has 5 heteroatoms. The molecule has 0 saturated heterocycles. The van der Waals surface area contributed by atoms with E-state index in [0.29, 0.717) is 11.1 Å². The van der Waals surface area contributed by atoms with Crippen LogP contribution in [0.25, 0.3) is 5.69 Å². The molecule has 0 spiro atoms. The highest BCUT2D eigenvalue weighted by molar-refractivity contribution is 5.93. The first-order valence-electron chi connectivity index (χ1n) is 5.28. The molecule has 0 fully saturated rings. The number of carbonyl (C=O) groups excluding carboxylic acids is 2. The number of esters is 1. The van der Waals surface area contributed by atoms with Crippen molar-refractivity contribution in [2.75, 3.05) is 7.11 Å². The van der Waals surface area contributed by atoms with E-state index in [1.54, 1.807) is 41.2 Å². The van der Waals surface area contributed by atoms with Crippen molar-refractivity contribution in [2.24, 2.45) is 5.73 Å². The van der Waals surface area contributed by atoms with Gasteiger partial charge >= 0.3 is 5.97 Å². The van der Waals surface area contributed by atoms with Crippen LogP contribution >= 0.6 is 0 Å². The molecule has 2 rings (SSSR count). The van der Waals surface area contributed by atoms with Crippen molar-refractivity contribution in [3.63, 3.8) is 0 Å². The SMILES string of the molecule is COC(=O)c1cccc(-n2ccc(C(N)=O)c2)c1. The van der Waals surface area contributed by atoms with Gasteiger partial charge in [0.05, 0.1) is 18.2 Å². The summed E-state index contributed by atoms with van der Waals surface area (Å²) in [5.41, 5.74) is 6.80. The van der Waals surface area contributed by atoms with E-state index in [0.717, 1.165) is 5.69 Å². The van der Waals surface area contributed by atoms with Crippen molar-refractivity contribution in [3.8, 4) is 5.69 Å². The van der Waals surface area contributed by atoms with E-state index in [1.807, 2.05) is 6.07 Å². The predicted octanol–water partition coefficient (Wildman–Crippen LogP) is 1.36. The van der Waals surface area contributed by atoms with Gasteiger partial charge in [0.1, 0.15) is 0 Å². The molecular formula is C13H12N2O3. The van der Waals surface area contributed by atoms with E-state index in [1.165, 1.54) is 7.11 Å². The maximum atomic E-state index is 11.4. The van der Waals surface area contributed by atoms with Crippen LogP contribution in [0.3, 0.4) is 0 Å². The molecule has 5 nitrogen and oxygen atoms in total. The fraction of sp³-hybridized carbons (Fsp3) is 0.0769. The fourth-order valence-electron chi connectivity index (χ4n) is 1.61. The Bertz CT molecular complexity index is 602. The van der Waals surface area contributed by atoms with Gasteiger partial charge in [-0.25, -0.2) is 4.79 Å². The molecule has 1 amide bonds. The Morgan fingerprint density at radius 1 is 1.22 bits per heavy atom. The van der Waals surface area contributed by atoms with E-state index in [9.17, 15) is 9.59 Å². The van der Waals surface area contributed by atoms with Crippen molar-refractivity contribution in [1.29, 1.82) is 0 Å². The summed E-state index contributed by atoms with van der Waals surface area (Å²) >= 11 is 0. The van der Waals surface area contributed by atoms with E-state index in [-0.39, 0.29) is 0 Å². The average molecular weight is 244 g/mol. The number of ether oxygens (including phenoxy) is 1. The van der Waals surface area contributed by atoms with E-state index >= 15 is 0 Å². The number of benzene rings is 1. The number of aromatic nitrogens is 1. The highest BCUT2D eigenvalue weighted by atomic mass is 16.5. The van der Waals surface area contributed by atoms with E-state index in [2.05, 4.69) is 4.74 Å². The highest BCUT2D eigenvalue weighted by Gasteiger charge is 2.08. The van der Waals surface area contributed by atoms with Gasteiger partial charge in [0.25, 0.3) is 0 Å². The maximum absolute atomic E-state index is 11.4. The molecule has 2 N–H and O–H groups in total. The summed E-state index contributed by atoms with van der Waals surface area (Å²) in [5.74, 6) is -0.892. The van der Waals surface area contributed by atoms with Crippen LogP contribution in [0.15, 0.2) is 42.7 Å². The third-order valence-electron chi connectivity index (χ3n) is 2.54. The first-order valence-corrected chi connectivity index (χ1v) is 5.28. The Morgan fingerprint density at radius 3 is 2.61 bits per heavy atom. The molecular weight excluding hydrogens is 232 g/mol. The second-order valence-electron chi connectivity index (χ2n) is 3.71.